The maximum Gasteiger partial charge on any atom is 0.319 e. The van der Waals surface area contributed by atoms with E-state index in [4.69, 9.17) is 14.2 Å². The van der Waals surface area contributed by atoms with Gasteiger partial charge in [0.25, 0.3) is 0 Å². The molecule has 2 amide bonds. The van der Waals surface area contributed by atoms with Gasteiger partial charge in [-0.2, -0.15) is 11.8 Å². The number of ether oxygens (including phenoxy) is 3. The van der Waals surface area contributed by atoms with Crippen LogP contribution in [0.5, 0.6) is 11.5 Å². The van der Waals surface area contributed by atoms with E-state index in [1.54, 1.807) is 30.0 Å². The van der Waals surface area contributed by atoms with Gasteiger partial charge < -0.3 is 24.8 Å². The summed E-state index contributed by atoms with van der Waals surface area (Å²) in [4.78, 5) is 24.4. The van der Waals surface area contributed by atoms with E-state index in [9.17, 15) is 9.59 Å². The summed E-state index contributed by atoms with van der Waals surface area (Å²) in [6.45, 7) is 4.12. The van der Waals surface area contributed by atoms with Gasteiger partial charge in [0.2, 0.25) is 0 Å². The van der Waals surface area contributed by atoms with Gasteiger partial charge >= 0.3 is 12.0 Å². The molecule has 7 nitrogen and oxygen atoms in total. The standard InChI is InChI=1S/C17H22N2O5S/c1-10-14(16(20)24-7-8-25-4)15(19-17(21)18-10)11-5-6-12(22-2)13(9-11)23-3/h5-6,9,14-15H,1,7-8H2,2-4H3,(H2,18,19,21)/t14-,15+/m1/s1. The second-order valence-electron chi connectivity index (χ2n) is 5.35. The first-order valence-electron chi connectivity index (χ1n) is 7.65. The predicted molar refractivity (Wildman–Crippen MR) is 95.9 cm³/mol. The maximum absolute atomic E-state index is 12.5. The van der Waals surface area contributed by atoms with Gasteiger partial charge in [-0.3, -0.25) is 4.79 Å². The number of hydrogen-bond donors (Lipinski definition) is 2. The second kappa shape index (κ2) is 8.66. The molecule has 2 atom stereocenters. The zero-order chi connectivity index (χ0) is 18.4. The number of nitrogens with one attached hydrogen (secondary N) is 2. The minimum Gasteiger partial charge on any atom is -0.493 e. The van der Waals surface area contributed by atoms with Crippen molar-refractivity contribution < 1.29 is 23.8 Å². The fourth-order valence-corrected chi connectivity index (χ4v) is 2.85. The van der Waals surface area contributed by atoms with Crippen LogP contribution in [0.25, 0.3) is 0 Å². The van der Waals surface area contributed by atoms with Gasteiger partial charge in [-0.1, -0.05) is 12.6 Å². The third-order valence-corrected chi connectivity index (χ3v) is 4.40. The third-order valence-electron chi connectivity index (χ3n) is 3.82. The lowest BCUT2D eigenvalue weighted by Crippen LogP contribution is -2.51. The predicted octanol–water partition coefficient (Wildman–Crippen LogP) is 2.09. The molecule has 0 aliphatic carbocycles. The zero-order valence-corrected chi connectivity index (χ0v) is 15.3. The Kier molecular flexibility index (Phi) is 6.58. The molecule has 0 spiro atoms. The highest BCUT2D eigenvalue weighted by atomic mass is 32.2. The molecule has 1 aromatic carbocycles. The average Bonchev–Trinajstić information content (AvgIpc) is 2.60. The normalized spacial score (nSPS) is 19.6. The highest BCUT2D eigenvalue weighted by Gasteiger charge is 2.39. The number of amides is 2. The van der Waals surface area contributed by atoms with E-state index in [0.29, 0.717) is 35.1 Å². The molecule has 25 heavy (non-hydrogen) atoms. The van der Waals surface area contributed by atoms with Crippen LogP contribution < -0.4 is 20.1 Å². The molecule has 0 radical (unpaired) electrons. The van der Waals surface area contributed by atoms with Gasteiger partial charge in [0.05, 0.1) is 20.3 Å². The van der Waals surface area contributed by atoms with Gasteiger partial charge in [-0.05, 0) is 24.0 Å². The topological polar surface area (TPSA) is 85.9 Å². The summed E-state index contributed by atoms with van der Waals surface area (Å²) in [6.07, 6.45) is 1.93. The fourth-order valence-electron chi connectivity index (χ4n) is 2.60. The molecule has 0 saturated carbocycles. The third kappa shape index (κ3) is 4.39. The monoisotopic (exact) mass is 366 g/mol. The quantitative estimate of drug-likeness (QED) is 0.568. The number of carbonyl (C=O) groups is 2. The molecule has 0 aromatic heterocycles. The molecule has 2 rings (SSSR count). The van der Waals surface area contributed by atoms with E-state index in [0.717, 1.165) is 0 Å². The molecule has 136 valence electrons. The Labute approximate surface area is 151 Å². The minimum atomic E-state index is -0.738. The lowest BCUT2D eigenvalue weighted by molar-refractivity contribution is -0.147. The first-order valence-corrected chi connectivity index (χ1v) is 9.05. The van der Waals surface area contributed by atoms with Crippen molar-refractivity contribution in [2.75, 3.05) is 32.8 Å². The van der Waals surface area contributed by atoms with Crippen LogP contribution in [0.1, 0.15) is 11.6 Å². The minimum absolute atomic E-state index is 0.302. The number of hydrogen-bond acceptors (Lipinski definition) is 6. The van der Waals surface area contributed by atoms with E-state index in [-0.39, 0.29) is 0 Å². The Morgan fingerprint density at radius 3 is 2.64 bits per heavy atom. The van der Waals surface area contributed by atoms with Crippen molar-refractivity contribution in [1.82, 2.24) is 10.6 Å². The van der Waals surface area contributed by atoms with Gasteiger partial charge in [0, 0.05) is 11.4 Å². The first-order chi connectivity index (χ1) is 12.0. The Bertz CT molecular complexity index is 664. The van der Waals surface area contributed by atoms with Crippen molar-refractivity contribution in [2.24, 2.45) is 5.92 Å². The summed E-state index contributed by atoms with van der Waals surface area (Å²) in [7, 11) is 3.06. The SMILES string of the molecule is C=C1NC(=O)N[C@@H](c2ccc(OC)c(OC)c2)[C@@H]1C(=O)OCCSC. The number of methoxy groups -OCH3 is 2. The number of carbonyl (C=O) groups excluding carboxylic acids is 2. The van der Waals surface area contributed by atoms with E-state index in [1.807, 2.05) is 6.26 Å². The summed E-state index contributed by atoms with van der Waals surface area (Å²) in [5, 5.41) is 5.31. The molecule has 1 saturated heterocycles. The summed E-state index contributed by atoms with van der Waals surface area (Å²) < 4.78 is 15.8. The van der Waals surface area contributed by atoms with Crippen LogP contribution in [-0.4, -0.2) is 44.8 Å². The first kappa shape index (κ1) is 19.0. The van der Waals surface area contributed by atoms with Crippen LogP contribution >= 0.6 is 11.8 Å². The smallest absolute Gasteiger partial charge is 0.319 e. The zero-order valence-electron chi connectivity index (χ0n) is 14.5. The van der Waals surface area contributed by atoms with Crippen molar-refractivity contribution in [3.05, 3.63) is 36.0 Å². The van der Waals surface area contributed by atoms with Crippen molar-refractivity contribution >= 4 is 23.8 Å². The Balaban J connectivity index is 2.31. The molecule has 8 heteroatoms. The van der Waals surface area contributed by atoms with Crippen LogP contribution in [-0.2, 0) is 9.53 Å². The second-order valence-corrected chi connectivity index (χ2v) is 6.34. The molecule has 0 bridgehead atoms. The molecule has 1 aliphatic heterocycles. The lowest BCUT2D eigenvalue weighted by Gasteiger charge is -2.33. The van der Waals surface area contributed by atoms with Crippen LogP contribution in [0.3, 0.4) is 0 Å². The molecule has 1 fully saturated rings. The molecular weight excluding hydrogens is 344 g/mol. The lowest BCUT2D eigenvalue weighted by atomic mass is 9.89. The summed E-state index contributed by atoms with van der Waals surface area (Å²) >= 11 is 1.58. The number of rotatable bonds is 7. The summed E-state index contributed by atoms with van der Waals surface area (Å²) in [6, 6.07) is 4.19. The van der Waals surface area contributed by atoms with E-state index in [1.165, 1.54) is 14.2 Å². The van der Waals surface area contributed by atoms with Gasteiger partial charge in [-0.15, -0.1) is 0 Å². The molecule has 1 heterocycles. The Morgan fingerprint density at radius 2 is 2.00 bits per heavy atom. The summed E-state index contributed by atoms with van der Waals surface area (Å²) in [5.41, 5.74) is 0.998. The number of benzene rings is 1. The van der Waals surface area contributed by atoms with E-state index >= 15 is 0 Å². The van der Waals surface area contributed by atoms with Gasteiger partial charge in [0.15, 0.2) is 11.5 Å². The van der Waals surface area contributed by atoms with Crippen LogP contribution in [0.2, 0.25) is 0 Å². The van der Waals surface area contributed by atoms with Crippen molar-refractivity contribution in [1.29, 1.82) is 0 Å². The van der Waals surface area contributed by atoms with Crippen molar-refractivity contribution in [3.63, 3.8) is 0 Å². The maximum atomic E-state index is 12.5. The molecule has 0 unspecified atom stereocenters. The molecular formula is C17H22N2O5S. The molecule has 1 aliphatic rings. The van der Waals surface area contributed by atoms with Gasteiger partial charge in [-0.25, -0.2) is 4.79 Å². The molecule has 1 aromatic rings. The molecule has 2 N–H and O–H groups in total. The Morgan fingerprint density at radius 1 is 1.28 bits per heavy atom. The van der Waals surface area contributed by atoms with E-state index in [2.05, 4.69) is 17.2 Å². The van der Waals surface area contributed by atoms with Crippen molar-refractivity contribution in [2.45, 2.75) is 6.04 Å². The number of thioether (sulfide) groups is 1. The average molecular weight is 366 g/mol. The largest absolute Gasteiger partial charge is 0.493 e. The van der Waals surface area contributed by atoms with Gasteiger partial charge in [0.1, 0.15) is 12.5 Å². The van der Waals surface area contributed by atoms with Crippen LogP contribution in [0.4, 0.5) is 4.79 Å². The van der Waals surface area contributed by atoms with Crippen molar-refractivity contribution in [3.8, 4) is 11.5 Å². The summed E-state index contributed by atoms with van der Waals surface area (Å²) in [5.74, 6) is 0.590. The highest BCUT2D eigenvalue weighted by Crippen LogP contribution is 2.35. The Hall–Kier alpha value is -2.35. The fraction of sp³-hybridized carbons (Fsp3) is 0.412. The van der Waals surface area contributed by atoms with Crippen LogP contribution in [0.15, 0.2) is 30.5 Å². The number of urea groups is 1. The highest BCUT2D eigenvalue weighted by molar-refractivity contribution is 7.98. The number of esters is 1. The van der Waals surface area contributed by atoms with Crippen LogP contribution in [0, 0.1) is 5.92 Å². The van der Waals surface area contributed by atoms with E-state index < -0.39 is 24.0 Å².